The molecule has 1 aromatic rings. The van der Waals surface area contributed by atoms with E-state index in [1.54, 1.807) is 7.11 Å². The third-order valence-electron chi connectivity index (χ3n) is 3.94. The van der Waals surface area contributed by atoms with Crippen LogP contribution >= 0.6 is 0 Å². The quantitative estimate of drug-likeness (QED) is 0.771. The molecule has 0 saturated carbocycles. The number of piperidine rings is 1. The zero-order valence-electron chi connectivity index (χ0n) is 12.2. The van der Waals surface area contributed by atoms with Gasteiger partial charge in [0.25, 0.3) is 0 Å². The largest absolute Gasteiger partial charge is 0.496 e. The first-order chi connectivity index (χ1) is 9.29. The summed E-state index contributed by atoms with van der Waals surface area (Å²) < 4.78 is 5.28. The Balaban J connectivity index is 1.69. The number of rotatable bonds is 6. The third kappa shape index (κ3) is 4.51. The van der Waals surface area contributed by atoms with E-state index in [0.29, 0.717) is 0 Å². The van der Waals surface area contributed by atoms with Gasteiger partial charge < -0.3 is 15.4 Å². The van der Waals surface area contributed by atoms with Crippen LogP contribution in [0, 0.1) is 12.8 Å². The molecule has 0 aliphatic carbocycles. The van der Waals surface area contributed by atoms with Crippen LogP contribution in [0.4, 0.5) is 0 Å². The molecular formula is C16H26N2O. The van der Waals surface area contributed by atoms with Crippen molar-refractivity contribution in [2.45, 2.75) is 26.2 Å². The van der Waals surface area contributed by atoms with Gasteiger partial charge in [-0.1, -0.05) is 12.1 Å². The van der Waals surface area contributed by atoms with Gasteiger partial charge in [0, 0.05) is 0 Å². The fourth-order valence-electron chi connectivity index (χ4n) is 2.72. The van der Waals surface area contributed by atoms with Crippen molar-refractivity contribution in [1.29, 1.82) is 0 Å². The molecule has 2 N–H and O–H groups in total. The van der Waals surface area contributed by atoms with E-state index in [1.165, 1.54) is 37.1 Å². The van der Waals surface area contributed by atoms with Gasteiger partial charge in [0.1, 0.15) is 5.75 Å². The van der Waals surface area contributed by atoms with Gasteiger partial charge in [-0.25, -0.2) is 0 Å². The minimum atomic E-state index is 0.860. The number of ether oxygens (including phenoxy) is 1. The number of hydrogen-bond donors (Lipinski definition) is 2. The van der Waals surface area contributed by atoms with Gasteiger partial charge in [-0.05, 0) is 75.5 Å². The van der Waals surface area contributed by atoms with E-state index in [1.807, 2.05) is 0 Å². The van der Waals surface area contributed by atoms with Gasteiger partial charge in [-0.3, -0.25) is 0 Å². The lowest BCUT2D eigenvalue weighted by Gasteiger charge is -2.22. The van der Waals surface area contributed by atoms with E-state index in [-0.39, 0.29) is 0 Å². The van der Waals surface area contributed by atoms with E-state index in [0.717, 1.165) is 31.2 Å². The molecular weight excluding hydrogens is 236 g/mol. The van der Waals surface area contributed by atoms with Crippen molar-refractivity contribution in [3.05, 3.63) is 29.3 Å². The molecule has 19 heavy (non-hydrogen) atoms. The molecule has 0 atom stereocenters. The van der Waals surface area contributed by atoms with Crippen LogP contribution in [0.3, 0.4) is 0 Å². The molecule has 1 fully saturated rings. The molecule has 1 saturated heterocycles. The lowest BCUT2D eigenvalue weighted by atomic mass is 9.98. The van der Waals surface area contributed by atoms with Gasteiger partial charge in [0.05, 0.1) is 7.11 Å². The second-order valence-corrected chi connectivity index (χ2v) is 5.45. The monoisotopic (exact) mass is 262 g/mol. The van der Waals surface area contributed by atoms with Crippen molar-refractivity contribution < 1.29 is 4.74 Å². The zero-order chi connectivity index (χ0) is 13.5. The van der Waals surface area contributed by atoms with E-state index >= 15 is 0 Å². The van der Waals surface area contributed by atoms with Crippen LogP contribution < -0.4 is 15.4 Å². The first-order valence-corrected chi connectivity index (χ1v) is 7.34. The number of nitrogens with one attached hydrogen (secondary N) is 2. The highest BCUT2D eigenvalue weighted by molar-refractivity contribution is 5.36. The van der Waals surface area contributed by atoms with Crippen LogP contribution in [0.2, 0.25) is 0 Å². The molecule has 2 rings (SSSR count). The first-order valence-electron chi connectivity index (χ1n) is 7.34. The lowest BCUT2D eigenvalue weighted by Crippen LogP contribution is -2.34. The summed E-state index contributed by atoms with van der Waals surface area (Å²) in [7, 11) is 1.72. The number of aryl methyl sites for hydroxylation is 1. The molecule has 1 aromatic carbocycles. The lowest BCUT2D eigenvalue weighted by molar-refractivity contribution is 0.358. The smallest absolute Gasteiger partial charge is 0.121 e. The Morgan fingerprint density at radius 1 is 1.32 bits per heavy atom. The molecule has 1 aliphatic rings. The fourth-order valence-corrected chi connectivity index (χ4v) is 2.72. The Hall–Kier alpha value is -1.06. The molecule has 3 nitrogen and oxygen atoms in total. The second-order valence-electron chi connectivity index (χ2n) is 5.45. The minimum Gasteiger partial charge on any atom is -0.496 e. The van der Waals surface area contributed by atoms with Crippen LogP contribution in [-0.2, 0) is 6.42 Å². The predicted octanol–water partition coefficient (Wildman–Crippen LogP) is 2.14. The average Bonchev–Trinajstić information content (AvgIpc) is 2.45. The third-order valence-corrected chi connectivity index (χ3v) is 3.94. The normalized spacial score (nSPS) is 16.5. The summed E-state index contributed by atoms with van der Waals surface area (Å²) in [6.45, 7) is 6.70. The molecule has 0 amide bonds. The zero-order valence-corrected chi connectivity index (χ0v) is 12.2. The van der Waals surface area contributed by atoms with Gasteiger partial charge in [-0.2, -0.15) is 0 Å². The fraction of sp³-hybridized carbons (Fsp3) is 0.625. The van der Waals surface area contributed by atoms with E-state index in [2.05, 4.69) is 35.8 Å². The van der Waals surface area contributed by atoms with Gasteiger partial charge >= 0.3 is 0 Å². The number of benzene rings is 1. The van der Waals surface area contributed by atoms with E-state index in [9.17, 15) is 0 Å². The summed E-state index contributed by atoms with van der Waals surface area (Å²) in [4.78, 5) is 0. The Kier molecular flexibility index (Phi) is 5.67. The molecule has 0 spiro atoms. The highest BCUT2D eigenvalue weighted by atomic mass is 16.5. The maximum atomic E-state index is 5.28. The molecule has 0 aromatic heterocycles. The summed E-state index contributed by atoms with van der Waals surface area (Å²) in [5.74, 6) is 1.84. The molecule has 106 valence electrons. The SMILES string of the molecule is COc1ccc(CCNCC2CCNCC2)cc1C. The van der Waals surface area contributed by atoms with Crippen molar-refractivity contribution in [2.24, 2.45) is 5.92 Å². The van der Waals surface area contributed by atoms with E-state index in [4.69, 9.17) is 4.74 Å². The van der Waals surface area contributed by atoms with Gasteiger partial charge in [0.15, 0.2) is 0 Å². The Bertz CT molecular complexity index is 386. The molecule has 0 unspecified atom stereocenters. The molecule has 1 heterocycles. The van der Waals surface area contributed by atoms with Crippen LogP contribution in [0.15, 0.2) is 18.2 Å². The standard InChI is InChI=1S/C16H26N2O/c1-13-11-14(3-4-16(13)19-2)5-10-18-12-15-6-8-17-9-7-15/h3-4,11,15,17-18H,5-10,12H2,1-2H3. The molecule has 0 radical (unpaired) electrons. The highest BCUT2D eigenvalue weighted by Gasteiger charge is 2.11. The first kappa shape index (κ1) is 14.4. The van der Waals surface area contributed by atoms with Crippen LogP contribution in [-0.4, -0.2) is 33.3 Å². The Morgan fingerprint density at radius 3 is 2.79 bits per heavy atom. The predicted molar refractivity (Wildman–Crippen MR) is 79.9 cm³/mol. The van der Waals surface area contributed by atoms with Crippen molar-refractivity contribution in [3.8, 4) is 5.75 Å². The minimum absolute atomic E-state index is 0.860. The van der Waals surface area contributed by atoms with Crippen molar-refractivity contribution >= 4 is 0 Å². The summed E-state index contributed by atoms with van der Waals surface area (Å²) in [5, 5.41) is 7.00. The van der Waals surface area contributed by atoms with Crippen LogP contribution in [0.1, 0.15) is 24.0 Å². The van der Waals surface area contributed by atoms with Crippen molar-refractivity contribution in [2.75, 3.05) is 33.3 Å². The summed E-state index contributed by atoms with van der Waals surface area (Å²) in [5.41, 5.74) is 2.61. The Labute approximate surface area is 116 Å². The molecule has 0 bridgehead atoms. The number of hydrogen-bond acceptors (Lipinski definition) is 3. The Morgan fingerprint density at radius 2 is 2.11 bits per heavy atom. The summed E-state index contributed by atoms with van der Waals surface area (Å²) in [6.07, 6.45) is 3.72. The van der Waals surface area contributed by atoms with Crippen molar-refractivity contribution in [1.82, 2.24) is 10.6 Å². The van der Waals surface area contributed by atoms with Crippen molar-refractivity contribution in [3.63, 3.8) is 0 Å². The van der Waals surface area contributed by atoms with Gasteiger partial charge in [-0.15, -0.1) is 0 Å². The van der Waals surface area contributed by atoms with Crippen LogP contribution in [0.25, 0.3) is 0 Å². The maximum Gasteiger partial charge on any atom is 0.121 e. The molecule has 3 heteroatoms. The maximum absolute atomic E-state index is 5.28. The second kappa shape index (κ2) is 7.51. The average molecular weight is 262 g/mol. The number of methoxy groups -OCH3 is 1. The van der Waals surface area contributed by atoms with Crippen LogP contribution in [0.5, 0.6) is 5.75 Å². The highest BCUT2D eigenvalue weighted by Crippen LogP contribution is 2.18. The summed E-state index contributed by atoms with van der Waals surface area (Å²) in [6, 6.07) is 6.46. The summed E-state index contributed by atoms with van der Waals surface area (Å²) >= 11 is 0. The van der Waals surface area contributed by atoms with E-state index < -0.39 is 0 Å². The van der Waals surface area contributed by atoms with Gasteiger partial charge in [0.2, 0.25) is 0 Å². The topological polar surface area (TPSA) is 33.3 Å². The molecule has 1 aliphatic heterocycles.